The third-order valence-corrected chi connectivity index (χ3v) is 6.18. The monoisotopic (exact) mass is 502 g/mol. The predicted octanol–water partition coefficient (Wildman–Crippen LogP) is 5.94. The summed E-state index contributed by atoms with van der Waals surface area (Å²) in [6.45, 7) is 8.32. The summed E-state index contributed by atoms with van der Waals surface area (Å²) >= 11 is 6.20. The third kappa shape index (κ3) is 5.34. The van der Waals surface area contributed by atoms with E-state index in [1.165, 1.54) is 0 Å². The van der Waals surface area contributed by atoms with Crippen LogP contribution in [0.5, 0.6) is 5.75 Å². The normalized spacial score (nSPS) is 13.9. The van der Waals surface area contributed by atoms with E-state index in [-0.39, 0.29) is 22.7 Å². The lowest BCUT2D eigenvalue weighted by Crippen LogP contribution is -2.31. The van der Waals surface area contributed by atoms with Crippen molar-refractivity contribution in [2.75, 3.05) is 5.32 Å². The van der Waals surface area contributed by atoms with Crippen molar-refractivity contribution >= 4 is 35.1 Å². The topological polar surface area (TPSA) is 75.7 Å². The molecule has 0 unspecified atom stereocenters. The molecule has 6 nitrogen and oxygen atoms in total. The zero-order valence-electron chi connectivity index (χ0n) is 20.6. The number of halogens is 1. The van der Waals surface area contributed by atoms with Gasteiger partial charge in [0.15, 0.2) is 0 Å². The largest absolute Gasteiger partial charge is 0.423 e. The lowest BCUT2D eigenvalue weighted by Gasteiger charge is -2.22. The summed E-state index contributed by atoms with van der Waals surface area (Å²) in [4.78, 5) is 39.4. The fraction of sp³-hybridized carbons (Fsp3) is 0.207. The summed E-state index contributed by atoms with van der Waals surface area (Å²) in [6, 6.07) is 21.4. The molecule has 0 bridgehead atoms. The Kier molecular flexibility index (Phi) is 7.00. The number of nitrogens with one attached hydrogen (secondary N) is 1. The van der Waals surface area contributed by atoms with Gasteiger partial charge in [0.05, 0.1) is 12.1 Å². The molecule has 0 saturated heterocycles. The molecule has 7 heteroatoms. The molecule has 0 saturated carbocycles. The molecule has 0 fully saturated rings. The van der Waals surface area contributed by atoms with Crippen LogP contribution in [-0.2, 0) is 21.5 Å². The summed E-state index contributed by atoms with van der Waals surface area (Å²) in [5, 5.41) is 2.75. The SMILES string of the molecule is Cc1ccc(OC(=O)c2ccc(NC3=C(Cl)C(=O)N(Cc4ccccc4)C3=O)cc2)c(C(C)(C)C)c1. The minimum Gasteiger partial charge on any atom is -0.423 e. The van der Waals surface area contributed by atoms with Crippen LogP contribution < -0.4 is 10.1 Å². The fourth-order valence-electron chi connectivity index (χ4n) is 3.88. The van der Waals surface area contributed by atoms with Crippen molar-refractivity contribution in [2.24, 2.45) is 0 Å². The van der Waals surface area contributed by atoms with E-state index < -0.39 is 17.8 Å². The van der Waals surface area contributed by atoms with Crippen LogP contribution in [0.1, 0.15) is 47.8 Å². The number of rotatable bonds is 6. The van der Waals surface area contributed by atoms with Gasteiger partial charge in [0.1, 0.15) is 16.5 Å². The molecule has 3 aromatic rings. The van der Waals surface area contributed by atoms with Crippen LogP contribution in [0, 0.1) is 6.92 Å². The van der Waals surface area contributed by atoms with E-state index in [1.807, 2.05) is 55.5 Å². The second-order valence-electron chi connectivity index (χ2n) is 9.71. The van der Waals surface area contributed by atoms with Crippen molar-refractivity contribution in [1.82, 2.24) is 4.90 Å². The standard InChI is InChI=1S/C29H27ClN2O4/c1-18-10-15-23(22(16-18)29(2,3)4)36-28(35)20-11-13-21(14-12-20)31-25-24(30)26(33)32(27(25)34)17-19-8-6-5-7-9-19/h5-16,31H,17H2,1-4H3. The van der Waals surface area contributed by atoms with Gasteiger partial charge in [-0.15, -0.1) is 0 Å². The van der Waals surface area contributed by atoms with Gasteiger partial charge in [0.25, 0.3) is 11.8 Å². The minimum absolute atomic E-state index is 0.00222. The first-order valence-corrected chi connectivity index (χ1v) is 11.9. The molecule has 0 atom stereocenters. The number of benzene rings is 3. The van der Waals surface area contributed by atoms with Crippen LogP contribution in [0.25, 0.3) is 0 Å². The molecule has 1 N–H and O–H groups in total. The van der Waals surface area contributed by atoms with E-state index in [2.05, 4.69) is 26.1 Å². The maximum Gasteiger partial charge on any atom is 0.343 e. The maximum absolute atomic E-state index is 12.9. The van der Waals surface area contributed by atoms with E-state index in [0.29, 0.717) is 17.0 Å². The van der Waals surface area contributed by atoms with Gasteiger partial charge >= 0.3 is 5.97 Å². The van der Waals surface area contributed by atoms with Crippen molar-refractivity contribution in [3.63, 3.8) is 0 Å². The first-order valence-electron chi connectivity index (χ1n) is 11.5. The number of aryl methyl sites for hydroxylation is 1. The van der Waals surface area contributed by atoms with Gasteiger partial charge in [-0.2, -0.15) is 0 Å². The second-order valence-corrected chi connectivity index (χ2v) is 10.1. The number of ether oxygens (including phenoxy) is 1. The lowest BCUT2D eigenvalue weighted by molar-refractivity contribution is -0.138. The molecule has 0 spiro atoms. The van der Waals surface area contributed by atoms with E-state index in [1.54, 1.807) is 24.3 Å². The average molecular weight is 503 g/mol. The van der Waals surface area contributed by atoms with Crippen LogP contribution in [0.15, 0.2) is 83.5 Å². The molecule has 0 aliphatic carbocycles. The van der Waals surface area contributed by atoms with Gasteiger partial charge in [0.2, 0.25) is 0 Å². The van der Waals surface area contributed by atoms with Gasteiger partial charge in [-0.1, -0.05) is 80.4 Å². The van der Waals surface area contributed by atoms with Gasteiger partial charge < -0.3 is 10.1 Å². The summed E-state index contributed by atoms with van der Waals surface area (Å²) in [5.41, 5.74) is 3.51. The Morgan fingerprint density at radius 1 is 0.944 bits per heavy atom. The van der Waals surface area contributed by atoms with Gasteiger partial charge in [-0.25, -0.2) is 4.79 Å². The number of amides is 2. The minimum atomic E-state index is -0.555. The number of imide groups is 1. The Hall–Kier alpha value is -3.90. The van der Waals surface area contributed by atoms with E-state index in [0.717, 1.165) is 21.6 Å². The Bertz CT molecular complexity index is 1360. The average Bonchev–Trinajstić information content (AvgIpc) is 3.04. The molecular formula is C29H27ClN2O4. The molecule has 2 amide bonds. The molecule has 1 heterocycles. The van der Waals surface area contributed by atoms with Crippen molar-refractivity contribution in [3.8, 4) is 5.75 Å². The van der Waals surface area contributed by atoms with E-state index in [9.17, 15) is 14.4 Å². The van der Waals surface area contributed by atoms with Gasteiger partial charge in [-0.05, 0) is 48.2 Å². The predicted molar refractivity (Wildman–Crippen MR) is 140 cm³/mol. The number of esters is 1. The molecule has 1 aliphatic heterocycles. The quantitative estimate of drug-likeness (QED) is 0.256. The summed E-state index contributed by atoms with van der Waals surface area (Å²) < 4.78 is 5.71. The van der Waals surface area contributed by atoms with Crippen LogP contribution >= 0.6 is 11.6 Å². The number of nitrogens with zero attached hydrogens (tertiary/aromatic N) is 1. The smallest absolute Gasteiger partial charge is 0.343 e. The summed E-state index contributed by atoms with van der Waals surface area (Å²) in [7, 11) is 0. The Morgan fingerprint density at radius 3 is 2.25 bits per heavy atom. The van der Waals surface area contributed by atoms with Crippen molar-refractivity contribution < 1.29 is 19.1 Å². The van der Waals surface area contributed by atoms with Crippen molar-refractivity contribution in [2.45, 2.75) is 39.7 Å². The maximum atomic E-state index is 12.9. The fourth-order valence-corrected chi connectivity index (χ4v) is 4.11. The lowest BCUT2D eigenvalue weighted by atomic mass is 9.85. The van der Waals surface area contributed by atoms with E-state index in [4.69, 9.17) is 16.3 Å². The molecule has 3 aromatic carbocycles. The van der Waals surface area contributed by atoms with Crippen LogP contribution in [-0.4, -0.2) is 22.7 Å². The number of carbonyl (C=O) groups is 3. The van der Waals surface area contributed by atoms with Crippen molar-refractivity contribution in [3.05, 3.63) is 106 Å². The molecular weight excluding hydrogens is 476 g/mol. The highest BCUT2D eigenvalue weighted by atomic mass is 35.5. The Morgan fingerprint density at radius 2 is 1.61 bits per heavy atom. The highest BCUT2D eigenvalue weighted by molar-refractivity contribution is 6.48. The third-order valence-electron chi connectivity index (χ3n) is 5.83. The second kappa shape index (κ2) is 9.99. The Balaban J connectivity index is 1.46. The zero-order chi connectivity index (χ0) is 26.0. The van der Waals surface area contributed by atoms with E-state index >= 15 is 0 Å². The molecule has 0 radical (unpaired) electrons. The molecule has 1 aliphatic rings. The molecule has 36 heavy (non-hydrogen) atoms. The molecule has 0 aromatic heterocycles. The summed E-state index contributed by atoms with van der Waals surface area (Å²) in [5.74, 6) is -1.03. The first kappa shape index (κ1) is 25.2. The molecule has 4 rings (SSSR count). The van der Waals surface area contributed by atoms with Gasteiger partial charge in [0, 0.05) is 11.3 Å². The first-order chi connectivity index (χ1) is 17.0. The molecule has 184 valence electrons. The number of hydrogen-bond acceptors (Lipinski definition) is 5. The highest BCUT2D eigenvalue weighted by Crippen LogP contribution is 2.33. The number of anilines is 1. The number of carbonyl (C=O) groups excluding carboxylic acids is 3. The van der Waals surface area contributed by atoms with Crippen LogP contribution in [0.3, 0.4) is 0 Å². The Labute approximate surface area is 215 Å². The summed E-state index contributed by atoms with van der Waals surface area (Å²) in [6.07, 6.45) is 0. The van der Waals surface area contributed by atoms with Gasteiger partial charge in [-0.3, -0.25) is 14.5 Å². The van der Waals surface area contributed by atoms with Crippen LogP contribution in [0.2, 0.25) is 0 Å². The highest BCUT2D eigenvalue weighted by Gasteiger charge is 2.37. The zero-order valence-corrected chi connectivity index (χ0v) is 21.3. The van der Waals surface area contributed by atoms with Crippen molar-refractivity contribution in [1.29, 1.82) is 0 Å². The van der Waals surface area contributed by atoms with Crippen LogP contribution in [0.4, 0.5) is 5.69 Å². The number of hydrogen-bond donors (Lipinski definition) is 1.